The molecule has 1 aromatic carbocycles. The van der Waals surface area contributed by atoms with Crippen LogP contribution in [0.3, 0.4) is 0 Å². The van der Waals surface area contributed by atoms with Crippen LogP contribution < -0.4 is 10.5 Å². The van der Waals surface area contributed by atoms with Gasteiger partial charge in [0.2, 0.25) is 0 Å². The summed E-state index contributed by atoms with van der Waals surface area (Å²) in [5.41, 5.74) is 7.66. The number of ether oxygens (including phenoxy) is 1. The molecule has 0 saturated heterocycles. The Kier molecular flexibility index (Phi) is 5.39. The van der Waals surface area contributed by atoms with Gasteiger partial charge in [-0.2, -0.15) is 0 Å². The highest BCUT2D eigenvalue weighted by molar-refractivity contribution is 5.31. The molecule has 0 radical (unpaired) electrons. The molecule has 0 bridgehead atoms. The van der Waals surface area contributed by atoms with E-state index in [2.05, 4.69) is 51.8 Å². The topological polar surface area (TPSA) is 38.5 Å². The largest absolute Gasteiger partial charge is 0.497 e. The molecule has 0 heterocycles. The van der Waals surface area contributed by atoms with E-state index in [4.69, 9.17) is 10.5 Å². The van der Waals surface area contributed by atoms with Gasteiger partial charge in [-0.3, -0.25) is 4.90 Å². The second-order valence-corrected chi connectivity index (χ2v) is 6.56. The number of hydrogen-bond acceptors (Lipinski definition) is 3. The number of rotatable bonds is 5. The lowest BCUT2D eigenvalue weighted by Gasteiger charge is -2.36. The number of nitrogens with two attached hydrogens (primary N) is 1. The first-order valence-electron chi connectivity index (χ1n) is 6.84. The van der Waals surface area contributed by atoms with Crippen LogP contribution in [-0.2, 0) is 0 Å². The third kappa shape index (κ3) is 4.84. The van der Waals surface area contributed by atoms with Crippen molar-refractivity contribution in [3.05, 3.63) is 29.8 Å². The van der Waals surface area contributed by atoms with Crippen LogP contribution in [0.5, 0.6) is 5.75 Å². The van der Waals surface area contributed by atoms with Crippen molar-refractivity contribution in [2.75, 3.05) is 20.7 Å². The maximum atomic E-state index is 6.20. The number of hydrogen-bond donors (Lipinski definition) is 1. The minimum Gasteiger partial charge on any atom is -0.497 e. The van der Waals surface area contributed by atoms with Crippen LogP contribution in [0.15, 0.2) is 24.3 Å². The van der Waals surface area contributed by atoms with Gasteiger partial charge in [0.15, 0.2) is 0 Å². The molecule has 3 heteroatoms. The van der Waals surface area contributed by atoms with Gasteiger partial charge in [-0.05, 0) is 37.1 Å². The molecule has 0 amide bonds. The summed E-state index contributed by atoms with van der Waals surface area (Å²) in [7, 11) is 3.83. The van der Waals surface area contributed by atoms with Gasteiger partial charge in [0.25, 0.3) is 0 Å². The minimum absolute atomic E-state index is 0.0689. The second kappa shape index (κ2) is 6.40. The van der Waals surface area contributed by atoms with Gasteiger partial charge in [-0.15, -0.1) is 0 Å². The van der Waals surface area contributed by atoms with Crippen LogP contribution in [0.25, 0.3) is 0 Å². The van der Waals surface area contributed by atoms with Crippen molar-refractivity contribution in [1.29, 1.82) is 0 Å². The fourth-order valence-electron chi connectivity index (χ4n) is 2.63. The van der Waals surface area contributed by atoms with Gasteiger partial charge in [-0.25, -0.2) is 0 Å². The first kappa shape index (κ1) is 16.0. The van der Waals surface area contributed by atoms with Crippen molar-refractivity contribution in [2.45, 2.75) is 39.8 Å². The van der Waals surface area contributed by atoms with E-state index in [0.29, 0.717) is 0 Å². The minimum atomic E-state index is 0.0689. The zero-order valence-corrected chi connectivity index (χ0v) is 13.1. The molecule has 0 aliphatic carbocycles. The Labute approximate surface area is 117 Å². The van der Waals surface area contributed by atoms with Crippen LogP contribution in [0.1, 0.15) is 39.3 Å². The maximum absolute atomic E-state index is 6.20. The van der Waals surface area contributed by atoms with Crippen molar-refractivity contribution in [1.82, 2.24) is 4.90 Å². The molecule has 0 saturated carbocycles. The molecule has 1 rings (SSSR count). The Balaban J connectivity index is 2.99. The third-order valence-corrected chi connectivity index (χ3v) is 3.13. The zero-order chi connectivity index (χ0) is 14.6. The molecule has 19 heavy (non-hydrogen) atoms. The van der Waals surface area contributed by atoms with Crippen molar-refractivity contribution in [3.63, 3.8) is 0 Å². The predicted octanol–water partition coefficient (Wildman–Crippen LogP) is 3.06. The summed E-state index contributed by atoms with van der Waals surface area (Å²) in [6.45, 7) is 9.79. The Bertz CT molecular complexity index is 396. The Hall–Kier alpha value is -1.06. The highest BCUT2D eigenvalue weighted by atomic mass is 16.5. The molecule has 2 unspecified atom stereocenters. The van der Waals surface area contributed by atoms with Crippen molar-refractivity contribution in [2.24, 2.45) is 11.1 Å². The monoisotopic (exact) mass is 264 g/mol. The van der Waals surface area contributed by atoms with Crippen molar-refractivity contribution < 1.29 is 4.74 Å². The second-order valence-electron chi connectivity index (χ2n) is 6.56. The summed E-state index contributed by atoms with van der Waals surface area (Å²) in [5, 5.41) is 0. The third-order valence-electron chi connectivity index (χ3n) is 3.13. The van der Waals surface area contributed by atoms with Gasteiger partial charge in [0, 0.05) is 18.6 Å². The molecule has 0 aromatic heterocycles. The highest BCUT2D eigenvalue weighted by Gasteiger charge is 2.25. The summed E-state index contributed by atoms with van der Waals surface area (Å²) in [6.07, 6.45) is 0. The Morgan fingerprint density at radius 1 is 1.32 bits per heavy atom. The Morgan fingerprint density at radius 2 is 1.95 bits per heavy atom. The lowest BCUT2D eigenvalue weighted by molar-refractivity contribution is 0.156. The van der Waals surface area contributed by atoms with Gasteiger partial charge in [-0.1, -0.05) is 32.9 Å². The SMILES string of the molecule is COc1cccc(C(C(C)N)N(C)CC(C)(C)C)c1. The molecule has 3 nitrogen and oxygen atoms in total. The summed E-state index contributed by atoms with van der Waals surface area (Å²) in [5.74, 6) is 0.882. The molecule has 2 N–H and O–H groups in total. The van der Waals surface area contributed by atoms with Crippen LogP contribution in [-0.4, -0.2) is 31.6 Å². The number of methoxy groups -OCH3 is 1. The molecule has 108 valence electrons. The van der Waals surface area contributed by atoms with E-state index in [1.54, 1.807) is 7.11 Å². The van der Waals surface area contributed by atoms with Crippen LogP contribution in [0.2, 0.25) is 0 Å². The van der Waals surface area contributed by atoms with E-state index >= 15 is 0 Å². The highest BCUT2D eigenvalue weighted by Crippen LogP contribution is 2.28. The summed E-state index contributed by atoms with van der Waals surface area (Å²) in [4.78, 5) is 2.33. The van der Waals surface area contributed by atoms with Crippen LogP contribution in [0, 0.1) is 5.41 Å². The fraction of sp³-hybridized carbons (Fsp3) is 0.625. The molecule has 1 aromatic rings. The molecular weight excluding hydrogens is 236 g/mol. The molecule has 2 atom stereocenters. The first-order chi connectivity index (χ1) is 8.74. The number of nitrogens with zero attached hydrogens (tertiary/aromatic N) is 1. The van der Waals surface area contributed by atoms with Gasteiger partial charge in [0.05, 0.1) is 7.11 Å². The lowest BCUT2D eigenvalue weighted by atomic mass is 9.92. The zero-order valence-electron chi connectivity index (χ0n) is 13.1. The smallest absolute Gasteiger partial charge is 0.119 e. The molecule has 0 spiro atoms. The van der Waals surface area contributed by atoms with Gasteiger partial charge >= 0.3 is 0 Å². The van der Waals surface area contributed by atoms with Crippen LogP contribution >= 0.6 is 0 Å². The molecular formula is C16H28N2O. The quantitative estimate of drug-likeness (QED) is 0.888. The molecule has 0 fully saturated rings. The van der Waals surface area contributed by atoms with E-state index in [1.165, 1.54) is 5.56 Å². The maximum Gasteiger partial charge on any atom is 0.119 e. The van der Waals surface area contributed by atoms with Crippen molar-refractivity contribution >= 4 is 0 Å². The summed E-state index contributed by atoms with van der Waals surface area (Å²) < 4.78 is 5.31. The number of likely N-dealkylation sites (N-methyl/N-ethyl adjacent to an activating group) is 1. The van der Waals surface area contributed by atoms with E-state index in [1.807, 2.05) is 12.1 Å². The Morgan fingerprint density at radius 3 is 2.42 bits per heavy atom. The van der Waals surface area contributed by atoms with Crippen LogP contribution in [0.4, 0.5) is 0 Å². The average molecular weight is 264 g/mol. The van der Waals surface area contributed by atoms with Gasteiger partial charge < -0.3 is 10.5 Å². The summed E-state index contributed by atoms with van der Waals surface area (Å²) in [6, 6.07) is 8.46. The molecule has 0 aliphatic rings. The van der Waals surface area contributed by atoms with E-state index in [9.17, 15) is 0 Å². The standard InChI is InChI=1S/C16H28N2O/c1-12(17)15(18(5)11-16(2,3)4)13-8-7-9-14(10-13)19-6/h7-10,12,15H,11,17H2,1-6H3. The van der Waals surface area contributed by atoms with Gasteiger partial charge in [0.1, 0.15) is 5.75 Å². The average Bonchev–Trinajstić information content (AvgIpc) is 2.26. The summed E-state index contributed by atoms with van der Waals surface area (Å²) >= 11 is 0. The first-order valence-corrected chi connectivity index (χ1v) is 6.84. The lowest BCUT2D eigenvalue weighted by Crippen LogP contribution is -2.41. The van der Waals surface area contributed by atoms with E-state index in [0.717, 1.165) is 12.3 Å². The number of benzene rings is 1. The van der Waals surface area contributed by atoms with E-state index in [-0.39, 0.29) is 17.5 Å². The van der Waals surface area contributed by atoms with E-state index < -0.39 is 0 Å². The fourth-order valence-corrected chi connectivity index (χ4v) is 2.63. The predicted molar refractivity (Wildman–Crippen MR) is 81.5 cm³/mol. The van der Waals surface area contributed by atoms with Crippen molar-refractivity contribution in [3.8, 4) is 5.75 Å². The molecule has 0 aliphatic heterocycles. The normalized spacial score (nSPS) is 15.4.